The van der Waals surface area contributed by atoms with Gasteiger partial charge in [-0.25, -0.2) is 4.79 Å². The minimum absolute atomic E-state index is 0.0103. The molecule has 202 valence electrons. The molecule has 4 aromatic rings. The Bertz CT molecular complexity index is 1350. The second-order valence-electron chi connectivity index (χ2n) is 8.98. The molecule has 2 heterocycles. The topological polar surface area (TPSA) is 123 Å². The standard InChI is InChI=1S/C28H30N6O4S/c1-2-29-27(36)30-22-14-12-21(13-15-22)26-37-24(16-25(38-26)20-10-8-19(17-35)9-11-20)18-39-28-31-32-33-34(28)23-6-4-3-5-7-23/h3-15,24-26,35H,2,16-18H2,1H3,(H2,29,30,36). The van der Waals surface area contributed by atoms with Crippen molar-refractivity contribution >= 4 is 23.5 Å². The van der Waals surface area contributed by atoms with E-state index in [0.29, 0.717) is 29.6 Å². The van der Waals surface area contributed by atoms with Gasteiger partial charge in [-0.15, -0.1) is 5.10 Å². The van der Waals surface area contributed by atoms with Crippen LogP contribution < -0.4 is 10.6 Å². The zero-order valence-electron chi connectivity index (χ0n) is 21.4. The Hall–Kier alpha value is -3.77. The number of aromatic nitrogens is 4. The number of amides is 2. The number of ether oxygens (including phenoxy) is 2. The third-order valence-corrected chi connectivity index (χ3v) is 7.28. The molecule has 0 spiro atoms. The molecule has 3 unspecified atom stereocenters. The van der Waals surface area contributed by atoms with Crippen LogP contribution >= 0.6 is 11.8 Å². The van der Waals surface area contributed by atoms with E-state index in [1.165, 1.54) is 11.8 Å². The van der Waals surface area contributed by atoms with Gasteiger partial charge in [-0.05, 0) is 52.7 Å². The molecule has 1 aromatic heterocycles. The Kier molecular flexibility index (Phi) is 8.84. The highest BCUT2D eigenvalue weighted by molar-refractivity contribution is 7.99. The van der Waals surface area contributed by atoms with E-state index in [2.05, 4.69) is 26.2 Å². The van der Waals surface area contributed by atoms with Crippen molar-refractivity contribution in [2.45, 2.75) is 43.6 Å². The van der Waals surface area contributed by atoms with Gasteiger partial charge in [0, 0.05) is 30.0 Å². The van der Waals surface area contributed by atoms with Crippen LogP contribution in [0.2, 0.25) is 0 Å². The number of carbonyl (C=O) groups excluding carboxylic acids is 1. The summed E-state index contributed by atoms with van der Waals surface area (Å²) in [4.78, 5) is 11.9. The van der Waals surface area contributed by atoms with Gasteiger partial charge < -0.3 is 25.2 Å². The lowest BCUT2D eigenvalue weighted by atomic mass is 10.0. The van der Waals surface area contributed by atoms with E-state index in [-0.39, 0.29) is 24.8 Å². The quantitative estimate of drug-likeness (QED) is 0.260. The maximum atomic E-state index is 11.9. The molecule has 0 bridgehead atoms. The number of para-hydroxylation sites is 1. The number of carbonyl (C=O) groups is 1. The van der Waals surface area contributed by atoms with Crippen LogP contribution in [-0.2, 0) is 16.1 Å². The summed E-state index contributed by atoms with van der Waals surface area (Å²) in [6.45, 7) is 2.40. The Morgan fingerprint density at radius 2 is 1.77 bits per heavy atom. The number of nitrogens with one attached hydrogen (secondary N) is 2. The van der Waals surface area contributed by atoms with Gasteiger partial charge in [0.1, 0.15) is 0 Å². The predicted molar refractivity (Wildman–Crippen MR) is 147 cm³/mol. The highest BCUT2D eigenvalue weighted by Crippen LogP contribution is 2.39. The summed E-state index contributed by atoms with van der Waals surface area (Å²) >= 11 is 1.53. The maximum Gasteiger partial charge on any atom is 0.319 e. The maximum absolute atomic E-state index is 11.9. The minimum atomic E-state index is -0.601. The molecule has 0 aliphatic carbocycles. The number of aliphatic hydroxyl groups excluding tert-OH is 1. The summed E-state index contributed by atoms with van der Waals surface area (Å²) in [6.07, 6.45) is -0.313. The van der Waals surface area contributed by atoms with Gasteiger partial charge in [-0.3, -0.25) is 0 Å². The van der Waals surface area contributed by atoms with Crippen molar-refractivity contribution in [2.75, 3.05) is 17.6 Å². The van der Waals surface area contributed by atoms with E-state index in [0.717, 1.165) is 22.4 Å². The van der Waals surface area contributed by atoms with Crippen LogP contribution in [0.25, 0.3) is 5.69 Å². The molecule has 3 N–H and O–H groups in total. The fourth-order valence-corrected chi connectivity index (χ4v) is 5.16. The van der Waals surface area contributed by atoms with Gasteiger partial charge in [0.05, 0.1) is 24.5 Å². The molecule has 0 saturated carbocycles. The van der Waals surface area contributed by atoms with E-state index in [1.807, 2.05) is 85.8 Å². The molecule has 11 heteroatoms. The van der Waals surface area contributed by atoms with Crippen LogP contribution in [0.4, 0.5) is 10.5 Å². The Morgan fingerprint density at radius 3 is 2.49 bits per heavy atom. The molecule has 39 heavy (non-hydrogen) atoms. The second-order valence-corrected chi connectivity index (χ2v) is 9.96. The third kappa shape index (κ3) is 6.82. The van der Waals surface area contributed by atoms with Gasteiger partial charge >= 0.3 is 6.03 Å². The number of tetrazole rings is 1. The monoisotopic (exact) mass is 546 g/mol. The van der Waals surface area contributed by atoms with Crippen LogP contribution in [-0.4, -0.2) is 49.7 Å². The number of benzene rings is 3. The van der Waals surface area contributed by atoms with Gasteiger partial charge in [0.2, 0.25) is 5.16 Å². The van der Waals surface area contributed by atoms with Gasteiger partial charge in [-0.2, -0.15) is 4.68 Å². The average molecular weight is 547 g/mol. The van der Waals surface area contributed by atoms with Crippen molar-refractivity contribution in [1.82, 2.24) is 25.5 Å². The first-order chi connectivity index (χ1) is 19.1. The van der Waals surface area contributed by atoms with Crippen LogP contribution in [0.5, 0.6) is 0 Å². The normalized spacial score (nSPS) is 19.0. The molecule has 0 radical (unpaired) electrons. The number of anilines is 1. The summed E-state index contributed by atoms with van der Waals surface area (Å²) in [5.41, 5.74) is 4.27. The smallest absolute Gasteiger partial charge is 0.319 e. The molecule has 1 aliphatic rings. The van der Waals surface area contributed by atoms with Gasteiger partial charge in [0.25, 0.3) is 0 Å². The molecule has 3 atom stereocenters. The first kappa shape index (κ1) is 26.8. The summed E-state index contributed by atoms with van der Waals surface area (Å²) in [7, 11) is 0. The van der Waals surface area contributed by atoms with E-state index < -0.39 is 6.29 Å². The van der Waals surface area contributed by atoms with Crippen LogP contribution in [0.3, 0.4) is 0 Å². The number of hydrogen-bond donors (Lipinski definition) is 3. The zero-order valence-corrected chi connectivity index (χ0v) is 22.3. The van der Waals surface area contributed by atoms with Crippen molar-refractivity contribution in [3.8, 4) is 5.69 Å². The number of thioether (sulfide) groups is 1. The molecule has 1 fully saturated rings. The summed E-state index contributed by atoms with van der Waals surface area (Å²) in [5, 5.41) is 27.9. The van der Waals surface area contributed by atoms with E-state index in [1.54, 1.807) is 4.68 Å². The van der Waals surface area contributed by atoms with Crippen molar-refractivity contribution in [3.05, 3.63) is 95.6 Å². The van der Waals surface area contributed by atoms with E-state index in [4.69, 9.17) is 9.47 Å². The summed E-state index contributed by atoms with van der Waals surface area (Å²) in [6, 6.07) is 24.7. The number of nitrogens with zero attached hydrogens (tertiary/aromatic N) is 4. The summed E-state index contributed by atoms with van der Waals surface area (Å²) in [5.74, 6) is 0.620. The third-order valence-electron chi connectivity index (χ3n) is 6.23. The fourth-order valence-electron chi connectivity index (χ4n) is 4.25. The molecule has 3 aromatic carbocycles. The molecular formula is C28H30N6O4S. The lowest BCUT2D eigenvalue weighted by Crippen LogP contribution is -2.31. The molecule has 2 amide bonds. The van der Waals surface area contributed by atoms with Crippen LogP contribution in [0.15, 0.2) is 84.0 Å². The van der Waals surface area contributed by atoms with Crippen molar-refractivity contribution in [1.29, 1.82) is 0 Å². The number of rotatable bonds is 9. The highest BCUT2D eigenvalue weighted by Gasteiger charge is 2.32. The number of hydrogen-bond acceptors (Lipinski definition) is 8. The number of urea groups is 1. The average Bonchev–Trinajstić information content (AvgIpc) is 3.46. The first-order valence-electron chi connectivity index (χ1n) is 12.7. The zero-order chi connectivity index (χ0) is 27.0. The van der Waals surface area contributed by atoms with Crippen LogP contribution in [0.1, 0.15) is 42.4 Å². The highest BCUT2D eigenvalue weighted by atomic mass is 32.2. The van der Waals surface area contributed by atoms with Crippen molar-refractivity contribution in [3.63, 3.8) is 0 Å². The molecule has 1 saturated heterocycles. The van der Waals surface area contributed by atoms with Gasteiger partial charge in [0.15, 0.2) is 6.29 Å². The Balaban J connectivity index is 1.33. The van der Waals surface area contributed by atoms with E-state index >= 15 is 0 Å². The minimum Gasteiger partial charge on any atom is -0.392 e. The molecule has 5 rings (SSSR count). The largest absolute Gasteiger partial charge is 0.392 e. The molecular weight excluding hydrogens is 516 g/mol. The molecule has 1 aliphatic heterocycles. The van der Waals surface area contributed by atoms with E-state index in [9.17, 15) is 9.90 Å². The van der Waals surface area contributed by atoms with Crippen molar-refractivity contribution in [2.24, 2.45) is 0 Å². The Labute approximate surface area is 230 Å². The second kappa shape index (κ2) is 12.9. The van der Waals surface area contributed by atoms with Gasteiger partial charge in [-0.1, -0.05) is 66.4 Å². The lowest BCUT2D eigenvalue weighted by Gasteiger charge is -2.36. The van der Waals surface area contributed by atoms with Crippen LogP contribution in [0, 0.1) is 0 Å². The lowest BCUT2D eigenvalue weighted by molar-refractivity contribution is -0.245. The fraction of sp³-hybridized carbons (Fsp3) is 0.286. The SMILES string of the molecule is CCNC(=O)Nc1ccc(C2OC(CSc3nnnn3-c3ccccc3)CC(c3ccc(CO)cc3)O2)cc1. The molecule has 10 nitrogen and oxygen atoms in total. The predicted octanol–water partition coefficient (Wildman–Crippen LogP) is 4.63. The number of aliphatic hydroxyl groups is 1. The summed E-state index contributed by atoms with van der Waals surface area (Å²) < 4.78 is 14.5. The first-order valence-corrected chi connectivity index (χ1v) is 13.7. The Morgan fingerprint density at radius 1 is 1.03 bits per heavy atom. The van der Waals surface area contributed by atoms with Crippen molar-refractivity contribution < 1.29 is 19.4 Å².